The lowest BCUT2D eigenvalue weighted by atomic mass is 10.2. The van der Waals surface area contributed by atoms with E-state index in [4.69, 9.17) is 9.47 Å². The highest BCUT2D eigenvalue weighted by Crippen LogP contribution is 2.35. The third-order valence-electron chi connectivity index (χ3n) is 3.11. The molecule has 0 N–H and O–H groups in total. The minimum absolute atomic E-state index is 0.239. The van der Waals surface area contributed by atoms with Crippen molar-refractivity contribution in [2.24, 2.45) is 7.05 Å². The van der Waals surface area contributed by atoms with Crippen LogP contribution in [0, 0.1) is 0 Å². The van der Waals surface area contributed by atoms with Gasteiger partial charge >= 0.3 is 0 Å². The lowest BCUT2D eigenvalue weighted by Gasteiger charge is -2.25. The Morgan fingerprint density at radius 3 is 2.90 bits per heavy atom. The van der Waals surface area contributed by atoms with E-state index in [2.05, 4.69) is 16.8 Å². The van der Waals surface area contributed by atoms with Gasteiger partial charge in [0.25, 0.3) is 0 Å². The molecule has 0 saturated carbocycles. The fraction of sp³-hybridized carbons (Fsp3) is 0.333. The van der Waals surface area contributed by atoms with E-state index in [1.165, 1.54) is 0 Å². The molecule has 1 atom stereocenters. The monoisotopic (exact) mass is 303 g/mol. The van der Waals surface area contributed by atoms with Crippen molar-refractivity contribution in [1.82, 2.24) is 14.8 Å². The Balaban J connectivity index is 1.78. The summed E-state index contributed by atoms with van der Waals surface area (Å²) in [4.78, 5) is 0. The van der Waals surface area contributed by atoms with Crippen LogP contribution >= 0.6 is 11.8 Å². The van der Waals surface area contributed by atoms with E-state index in [1.54, 1.807) is 11.8 Å². The summed E-state index contributed by atoms with van der Waals surface area (Å²) in [5, 5.41) is 9.32. The van der Waals surface area contributed by atoms with Gasteiger partial charge in [-0.1, -0.05) is 36.0 Å². The molecular weight excluding hydrogens is 286 g/mol. The SMILES string of the molecule is C=C(C)CSc1nnc([C@H]2COc3ccccc3O2)n1C. The van der Waals surface area contributed by atoms with Gasteiger partial charge in [0.2, 0.25) is 0 Å². The van der Waals surface area contributed by atoms with Gasteiger partial charge in [0.1, 0.15) is 6.61 Å². The smallest absolute Gasteiger partial charge is 0.192 e. The standard InChI is InChI=1S/C15H17N3O2S/c1-10(2)9-21-15-17-16-14(18(15)3)13-8-19-11-6-4-5-7-12(11)20-13/h4-7,13H,1,8-9H2,2-3H3/t13-/m1/s1. The zero-order valence-electron chi connectivity index (χ0n) is 12.1. The maximum atomic E-state index is 5.96. The summed E-state index contributed by atoms with van der Waals surface area (Å²) in [6.45, 7) is 6.34. The topological polar surface area (TPSA) is 49.2 Å². The van der Waals surface area contributed by atoms with Gasteiger partial charge in [-0.05, 0) is 19.1 Å². The molecule has 1 aromatic carbocycles. The van der Waals surface area contributed by atoms with Crippen molar-refractivity contribution < 1.29 is 9.47 Å². The van der Waals surface area contributed by atoms with Crippen LogP contribution in [-0.2, 0) is 7.05 Å². The summed E-state index contributed by atoms with van der Waals surface area (Å²) in [6.07, 6.45) is -0.239. The zero-order valence-corrected chi connectivity index (χ0v) is 12.9. The summed E-state index contributed by atoms with van der Waals surface area (Å²) >= 11 is 1.62. The Morgan fingerprint density at radius 1 is 1.38 bits per heavy atom. The maximum Gasteiger partial charge on any atom is 0.192 e. The van der Waals surface area contributed by atoms with Crippen LogP contribution in [0.4, 0.5) is 0 Å². The molecular formula is C15H17N3O2S. The predicted octanol–water partition coefficient (Wildman–Crippen LogP) is 3.00. The number of para-hydroxylation sites is 2. The van der Waals surface area contributed by atoms with Gasteiger partial charge in [-0.2, -0.15) is 0 Å². The third kappa shape index (κ3) is 2.90. The predicted molar refractivity (Wildman–Crippen MR) is 81.8 cm³/mol. The first kappa shape index (κ1) is 14.0. The fourth-order valence-corrected chi connectivity index (χ4v) is 2.83. The Bertz CT molecular complexity index is 669. The molecule has 110 valence electrons. The zero-order chi connectivity index (χ0) is 14.8. The summed E-state index contributed by atoms with van der Waals surface area (Å²) in [5.41, 5.74) is 1.11. The lowest BCUT2D eigenvalue weighted by molar-refractivity contribution is 0.0825. The number of hydrogen-bond donors (Lipinski definition) is 0. The van der Waals surface area contributed by atoms with E-state index in [0.717, 1.165) is 33.8 Å². The van der Waals surface area contributed by atoms with Crippen molar-refractivity contribution in [3.8, 4) is 11.5 Å². The molecule has 2 heterocycles. The molecule has 0 amide bonds. The van der Waals surface area contributed by atoms with Crippen LogP contribution in [0.1, 0.15) is 18.9 Å². The number of aromatic nitrogens is 3. The summed E-state index contributed by atoms with van der Waals surface area (Å²) in [6, 6.07) is 7.65. The summed E-state index contributed by atoms with van der Waals surface area (Å²) in [5.74, 6) is 3.12. The average molecular weight is 303 g/mol. The van der Waals surface area contributed by atoms with E-state index in [0.29, 0.717) is 6.61 Å². The number of hydrogen-bond acceptors (Lipinski definition) is 5. The number of fused-ring (bicyclic) bond motifs is 1. The first-order valence-electron chi connectivity index (χ1n) is 6.70. The molecule has 6 heteroatoms. The van der Waals surface area contributed by atoms with Crippen LogP contribution in [0.15, 0.2) is 41.6 Å². The Kier molecular flexibility index (Phi) is 3.88. The van der Waals surface area contributed by atoms with Gasteiger partial charge in [-0.3, -0.25) is 0 Å². The molecule has 0 saturated heterocycles. The van der Waals surface area contributed by atoms with Crippen molar-refractivity contribution in [3.05, 3.63) is 42.2 Å². The molecule has 0 aliphatic carbocycles. The first-order chi connectivity index (χ1) is 10.1. The lowest BCUT2D eigenvalue weighted by Crippen LogP contribution is -2.24. The van der Waals surface area contributed by atoms with E-state index >= 15 is 0 Å². The molecule has 2 aromatic rings. The highest BCUT2D eigenvalue weighted by molar-refractivity contribution is 7.99. The highest BCUT2D eigenvalue weighted by atomic mass is 32.2. The average Bonchev–Trinajstić information content (AvgIpc) is 2.85. The van der Waals surface area contributed by atoms with E-state index in [9.17, 15) is 0 Å². The van der Waals surface area contributed by atoms with E-state index in [1.807, 2.05) is 42.8 Å². The minimum atomic E-state index is -0.239. The van der Waals surface area contributed by atoms with Crippen molar-refractivity contribution in [2.75, 3.05) is 12.4 Å². The molecule has 1 aromatic heterocycles. The van der Waals surface area contributed by atoms with Crippen LogP contribution in [0.25, 0.3) is 0 Å². The van der Waals surface area contributed by atoms with Crippen molar-refractivity contribution in [1.29, 1.82) is 0 Å². The Hall–Kier alpha value is -1.95. The van der Waals surface area contributed by atoms with Crippen molar-refractivity contribution in [3.63, 3.8) is 0 Å². The van der Waals surface area contributed by atoms with Crippen LogP contribution in [0.2, 0.25) is 0 Å². The molecule has 0 unspecified atom stereocenters. The molecule has 3 rings (SSSR count). The first-order valence-corrected chi connectivity index (χ1v) is 7.68. The van der Waals surface area contributed by atoms with Gasteiger partial charge in [-0.25, -0.2) is 0 Å². The Morgan fingerprint density at radius 2 is 2.14 bits per heavy atom. The van der Waals surface area contributed by atoms with Gasteiger partial charge in [0, 0.05) is 12.8 Å². The van der Waals surface area contributed by atoms with Crippen LogP contribution in [0.3, 0.4) is 0 Å². The van der Waals surface area contributed by atoms with E-state index < -0.39 is 0 Å². The third-order valence-corrected chi connectivity index (χ3v) is 4.36. The summed E-state index contributed by atoms with van der Waals surface area (Å²) < 4.78 is 13.6. The van der Waals surface area contributed by atoms with Gasteiger partial charge < -0.3 is 14.0 Å². The van der Waals surface area contributed by atoms with Gasteiger partial charge in [-0.15, -0.1) is 10.2 Å². The number of benzene rings is 1. The second-order valence-electron chi connectivity index (χ2n) is 5.01. The second kappa shape index (κ2) is 5.81. The van der Waals surface area contributed by atoms with Crippen molar-refractivity contribution in [2.45, 2.75) is 18.2 Å². The number of rotatable bonds is 4. The van der Waals surface area contributed by atoms with Crippen LogP contribution in [0.5, 0.6) is 11.5 Å². The molecule has 0 spiro atoms. The molecule has 5 nitrogen and oxygen atoms in total. The molecule has 0 radical (unpaired) electrons. The van der Waals surface area contributed by atoms with Gasteiger partial charge in [0.15, 0.2) is 28.6 Å². The van der Waals surface area contributed by atoms with Gasteiger partial charge in [0.05, 0.1) is 0 Å². The molecule has 1 aliphatic heterocycles. The fourth-order valence-electron chi connectivity index (χ4n) is 2.07. The molecule has 1 aliphatic rings. The number of thioether (sulfide) groups is 1. The van der Waals surface area contributed by atoms with Crippen molar-refractivity contribution >= 4 is 11.8 Å². The van der Waals surface area contributed by atoms with Crippen LogP contribution < -0.4 is 9.47 Å². The highest BCUT2D eigenvalue weighted by Gasteiger charge is 2.27. The number of ether oxygens (including phenoxy) is 2. The molecule has 0 bridgehead atoms. The summed E-state index contributed by atoms with van der Waals surface area (Å²) in [7, 11) is 1.94. The maximum absolute atomic E-state index is 5.96. The normalized spacial score (nSPS) is 16.8. The Labute approximate surface area is 128 Å². The van der Waals surface area contributed by atoms with Crippen LogP contribution in [-0.4, -0.2) is 27.1 Å². The minimum Gasteiger partial charge on any atom is -0.485 e. The largest absolute Gasteiger partial charge is 0.485 e. The number of nitrogens with zero attached hydrogens (tertiary/aromatic N) is 3. The van der Waals surface area contributed by atoms with E-state index in [-0.39, 0.29) is 6.10 Å². The molecule has 21 heavy (non-hydrogen) atoms. The second-order valence-corrected chi connectivity index (χ2v) is 5.95. The quantitative estimate of drug-likeness (QED) is 0.642. The molecule has 0 fully saturated rings.